The summed E-state index contributed by atoms with van der Waals surface area (Å²) in [5, 5.41) is 16.1. The van der Waals surface area contributed by atoms with Crippen LogP contribution in [0.2, 0.25) is 0 Å². The molecule has 1 aromatic heterocycles. The topological polar surface area (TPSA) is 68.4 Å². The molecule has 0 aliphatic rings. The minimum Gasteiger partial charge on any atom is -0.484 e. The van der Waals surface area contributed by atoms with Crippen LogP contribution in [0.4, 0.5) is 4.39 Å². The minimum absolute atomic E-state index is 0.0412. The molecule has 1 N–H and O–H groups in total. The van der Waals surface area contributed by atoms with Crippen LogP contribution in [0.5, 0.6) is 5.75 Å². The largest absolute Gasteiger partial charge is 0.484 e. The predicted octanol–water partition coefficient (Wildman–Crippen LogP) is 1.32. The summed E-state index contributed by atoms with van der Waals surface area (Å²) < 4.78 is 23.1. The molecule has 0 amide bonds. The van der Waals surface area contributed by atoms with Crippen LogP contribution in [-0.2, 0) is 13.0 Å². The lowest BCUT2D eigenvalue weighted by atomic mass is 10.3. The molecule has 0 unspecified atom stereocenters. The maximum absolute atomic E-state index is 12.6. The van der Waals surface area contributed by atoms with E-state index in [0.717, 1.165) is 0 Å². The highest BCUT2D eigenvalue weighted by Gasteiger charge is 2.06. The molecule has 0 fully saturated rings. The van der Waals surface area contributed by atoms with Crippen molar-refractivity contribution in [2.75, 3.05) is 6.61 Å². The summed E-state index contributed by atoms with van der Waals surface area (Å²) in [5.74, 6) is 0.886. The molecular formula is C11H11FN2O3. The monoisotopic (exact) mass is 238 g/mol. The van der Waals surface area contributed by atoms with E-state index < -0.39 is 0 Å². The molecule has 0 aliphatic carbocycles. The van der Waals surface area contributed by atoms with E-state index in [1.807, 2.05) is 0 Å². The molecule has 6 heteroatoms. The molecule has 1 heterocycles. The van der Waals surface area contributed by atoms with Gasteiger partial charge in [0.05, 0.1) is 6.61 Å². The summed E-state index contributed by atoms with van der Waals surface area (Å²) in [4.78, 5) is 0. The zero-order valence-electron chi connectivity index (χ0n) is 8.97. The van der Waals surface area contributed by atoms with Gasteiger partial charge in [0.25, 0.3) is 5.89 Å². The number of ether oxygens (including phenoxy) is 1. The molecule has 0 bridgehead atoms. The number of hydrogen-bond acceptors (Lipinski definition) is 5. The van der Waals surface area contributed by atoms with Gasteiger partial charge in [-0.1, -0.05) is 0 Å². The van der Waals surface area contributed by atoms with Crippen molar-refractivity contribution in [3.8, 4) is 5.75 Å². The molecule has 0 saturated heterocycles. The second kappa shape index (κ2) is 5.40. The number of rotatable bonds is 5. The van der Waals surface area contributed by atoms with Crippen molar-refractivity contribution in [3.05, 3.63) is 41.9 Å². The molecule has 5 nitrogen and oxygen atoms in total. The quantitative estimate of drug-likeness (QED) is 0.850. The van der Waals surface area contributed by atoms with Crippen LogP contribution in [0.3, 0.4) is 0 Å². The van der Waals surface area contributed by atoms with Gasteiger partial charge in [-0.2, -0.15) is 0 Å². The normalized spacial score (nSPS) is 10.5. The Balaban J connectivity index is 1.90. The summed E-state index contributed by atoms with van der Waals surface area (Å²) in [6.07, 6.45) is 0.323. The maximum atomic E-state index is 12.6. The Hall–Kier alpha value is -1.95. The molecule has 0 atom stereocenters. The van der Waals surface area contributed by atoms with Gasteiger partial charge in [0.15, 0.2) is 6.61 Å². The minimum atomic E-state index is -0.319. The average Bonchev–Trinajstić information content (AvgIpc) is 2.77. The van der Waals surface area contributed by atoms with Crippen LogP contribution >= 0.6 is 0 Å². The second-order valence-corrected chi connectivity index (χ2v) is 3.31. The summed E-state index contributed by atoms with van der Waals surface area (Å²) in [6, 6.07) is 5.64. The lowest BCUT2D eigenvalue weighted by Crippen LogP contribution is -1.95. The zero-order chi connectivity index (χ0) is 12.1. The number of aromatic nitrogens is 2. The van der Waals surface area contributed by atoms with Crippen molar-refractivity contribution in [1.82, 2.24) is 10.2 Å². The number of aliphatic hydroxyl groups excluding tert-OH is 1. The molecule has 2 aromatic rings. The summed E-state index contributed by atoms with van der Waals surface area (Å²) in [6.45, 7) is 0.0739. The third kappa shape index (κ3) is 3.25. The van der Waals surface area contributed by atoms with Crippen LogP contribution in [0, 0.1) is 5.82 Å². The first-order valence-corrected chi connectivity index (χ1v) is 5.08. The van der Waals surface area contributed by atoms with E-state index in [1.165, 1.54) is 24.3 Å². The zero-order valence-corrected chi connectivity index (χ0v) is 8.97. The molecule has 0 spiro atoms. The van der Waals surface area contributed by atoms with Gasteiger partial charge in [-0.25, -0.2) is 4.39 Å². The van der Waals surface area contributed by atoms with E-state index in [4.69, 9.17) is 14.3 Å². The number of hydrogen-bond donors (Lipinski definition) is 1. The van der Waals surface area contributed by atoms with Crippen LogP contribution in [0.25, 0.3) is 0 Å². The van der Waals surface area contributed by atoms with Crippen molar-refractivity contribution in [3.63, 3.8) is 0 Å². The van der Waals surface area contributed by atoms with E-state index in [-0.39, 0.29) is 19.0 Å². The first kappa shape index (κ1) is 11.5. The van der Waals surface area contributed by atoms with Gasteiger partial charge in [-0.15, -0.1) is 10.2 Å². The third-order valence-corrected chi connectivity index (χ3v) is 2.01. The van der Waals surface area contributed by atoms with Gasteiger partial charge in [0.2, 0.25) is 5.89 Å². The van der Waals surface area contributed by atoms with Crippen molar-refractivity contribution >= 4 is 0 Å². The Morgan fingerprint density at radius 1 is 1.18 bits per heavy atom. The highest BCUT2D eigenvalue weighted by atomic mass is 19.1. The standard InChI is InChI=1S/C11H11FN2O3/c12-8-1-3-9(4-2-8)16-7-11-14-13-10(17-11)5-6-15/h1-4,15H,5-7H2. The maximum Gasteiger partial charge on any atom is 0.253 e. The molecule has 2 rings (SSSR count). The fraction of sp³-hybridized carbons (Fsp3) is 0.273. The first-order valence-electron chi connectivity index (χ1n) is 5.08. The van der Waals surface area contributed by atoms with E-state index in [9.17, 15) is 4.39 Å². The Kier molecular flexibility index (Phi) is 3.66. The van der Waals surface area contributed by atoms with Crippen LogP contribution < -0.4 is 4.74 Å². The molecule has 17 heavy (non-hydrogen) atoms. The second-order valence-electron chi connectivity index (χ2n) is 3.31. The number of benzene rings is 1. The van der Waals surface area contributed by atoms with Crippen molar-refractivity contribution in [2.45, 2.75) is 13.0 Å². The lowest BCUT2D eigenvalue weighted by Gasteiger charge is -2.01. The van der Waals surface area contributed by atoms with Crippen LogP contribution in [-0.4, -0.2) is 21.9 Å². The summed E-state index contributed by atoms with van der Waals surface area (Å²) in [7, 11) is 0. The smallest absolute Gasteiger partial charge is 0.253 e. The van der Waals surface area contributed by atoms with E-state index in [2.05, 4.69) is 10.2 Å². The Bertz CT molecular complexity index is 470. The number of aliphatic hydroxyl groups is 1. The van der Waals surface area contributed by atoms with E-state index >= 15 is 0 Å². The summed E-state index contributed by atoms with van der Waals surface area (Å²) in [5.41, 5.74) is 0. The number of halogens is 1. The number of nitrogens with zero attached hydrogens (tertiary/aromatic N) is 2. The molecule has 0 radical (unpaired) electrons. The van der Waals surface area contributed by atoms with Gasteiger partial charge >= 0.3 is 0 Å². The van der Waals surface area contributed by atoms with Crippen molar-refractivity contribution in [2.24, 2.45) is 0 Å². The van der Waals surface area contributed by atoms with Gasteiger partial charge < -0.3 is 14.3 Å². The van der Waals surface area contributed by atoms with Crippen LogP contribution in [0.15, 0.2) is 28.7 Å². The lowest BCUT2D eigenvalue weighted by molar-refractivity contribution is 0.249. The summed E-state index contributed by atoms with van der Waals surface area (Å²) >= 11 is 0. The average molecular weight is 238 g/mol. The first-order chi connectivity index (χ1) is 8.28. The van der Waals surface area contributed by atoms with Gasteiger partial charge in [0, 0.05) is 6.42 Å². The van der Waals surface area contributed by atoms with Crippen molar-refractivity contribution < 1.29 is 18.7 Å². The third-order valence-electron chi connectivity index (χ3n) is 2.01. The highest BCUT2D eigenvalue weighted by molar-refractivity contribution is 5.22. The Morgan fingerprint density at radius 3 is 2.59 bits per heavy atom. The highest BCUT2D eigenvalue weighted by Crippen LogP contribution is 2.13. The van der Waals surface area contributed by atoms with Gasteiger partial charge in [-0.05, 0) is 24.3 Å². The SMILES string of the molecule is OCCc1nnc(COc2ccc(F)cc2)o1. The van der Waals surface area contributed by atoms with E-state index in [1.54, 1.807) is 0 Å². The fourth-order valence-corrected chi connectivity index (χ4v) is 1.22. The molecular weight excluding hydrogens is 227 g/mol. The Labute approximate surface area is 96.9 Å². The van der Waals surface area contributed by atoms with Gasteiger partial charge in [-0.3, -0.25) is 0 Å². The predicted molar refractivity (Wildman–Crippen MR) is 55.8 cm³/mol. The van der Waals surface area contributed by atoms with Gasteiger partial charge in [0.1, 0.15) is 11.6 Å². The van der Waals surface area contributed by atoms with Crippen LogP contribution in [0.1, 0.15) is 11.8 Å². The molecule has 0 saturated carbocycles. The van der Waals surface area contributed by atoms with E-state index in [0.29, 0.717) is 24.0 Å². The molecule has 0 aliphatic heterocycles. The molecule has 90 valence electrons. The molecule has 1 aromatic carbocycles. The fourth-order valence-electron chi connectivity index (χ4n) is 1.22. The van der Waals surface area contributed by atoms with Crippen molar-refractivity contribution in [1.29, 1.82) is 0 Å². The Morgan fingerprint density at radius 2 is 1.88 bits per heavy atom.